The second kappa shape index (κ2) is 7.57. The van der Waals surface area contributed by atoms with Crippen LogP contribution in [-0.2, 0) is 11.3 Å². The fourth-order valence-corrected chi connectivity index (χ4v) is 2.93. The number of anilines is 1. The van der Waals surface area contributed by atoms with Gasteiger partial charge in [-0.15, -0.1) is 0 Å². The molecule has 0 aliphatic heterocycles. The van der Waals surface area contributed by atoms with E-state index in [1.54, 1.807) is 24.3 Å². The largest absolute Gasteiger partial charge is 0.461 e. The Bertz CT molecular complexity index is 1050. The highest BCUT2D eigenvalue weighted by atomic mass is 35.5. The van der Waals surface area contributed by atoms with Gasteiger partial charge in [0, 0.05) is 6.54 Å². The van der Waals surface area contributed by atoms with Crippen LogP contribution in [0.1, 0.15) is 16.9 Å². The van der Waals surface area contributed by atoms with Crippen LogP contribution in [0.3, 0.4) is 0 Å². The molecule has 26 heavy (non-hydrogen) atoms. The van der Waals surface area contributed by atoms with Crippen molar-refractivity contribution in [2.45, 2.75) is 13.0 Å². The number of ether oxygens (including phenoxy) is 1. The lowest BCUT2D eigenvalue weighted by Gasteiger charge is -2.09. The number of rotatable bonds is 5. The van der Waals surface area contributed by atoms with Gasteiger partial charge >= 0.3 is 11.7 Å². The summed E-state index contributed by atoms with van der Waals surface area (Å²) in [7, 11) is 0. The van der Waals surface area contributed by atoms with Crippen LogP contribution >= 0.6 is 34.8 Å². The molecule has 0 saturated heterocycles. The summed E-state index contributed by atoms with van der Waals surface area (Å²) >= 11 is 17.6. The normalized spacial score (nSPS) is 11.0. The molecular formula is C16H12Cl3N3O4. The molecule has 0 aliphatic carbocycles. The van der Waals surface area contributed by atoms with Gasteiger partial charge in [0.15, 0.2) is 16.4 Å². The van der Waals surface area contributed by atoms with E-state index in [0.29, 0.717) is 24.1 Å². The first-order valence-corrected chi connectivity index (χ1v) is 8.59. The standard InChI is InChI=1S/C16H12Cl3N3O4/c17-10-12(20)11(18)14(19)21-13(10)15(23)25-7-3-6-22-8-4-1-2-5-9(8)26-16(22)24/h1-2,4-5H,3,6-7H2,(H2,20,21). The third-order valence-electron chi connectivity index (χ3n) is 3.60. The Balaban J connectivity index is 1.64. The quantitative estimate of drug-likeness (QED) is 0.386. The van der Waals surface area contributed by atoms with Crippen molar-refractivity contribution in [3.8, 4) is 0 Å². The van der Waals surface area contributed by atoms with Gasteiger partial charge in [0.25, 0.3) is 0 Å². The van der Waals surface area contributed by atoms with Crippen molar-refractivity contribution >= 4 is 57.6 Å². The molecule has 2 aromatic heterocycles. The highest BCUT2D eigenvalue weighted by Crippen LogP contribution is 2.34. The summed E-state index contributed by atoms with van der Waals surface area (Å²) in [6.45, 7) is 0.344. The topological polar surface area (TPSA) is 100 Å². The lowest BCUT2D eigenvalue weighted by atomic mass is 10.3. The maximum atomic E-state index is 12.1. The van der Waals surface area contributed by atoms with E-state index in [4.69, 9.17) is 49.7 Å². The molecule has 0 saturated carbocycles. The van der Waals surface area contributed by atoms with Crippen molar-refractivity contribution in [2.75, 3.05) is 12.3 Å². The SMILES string of the molecule is Nc1c(Cl)c(Cl)nc(C(=O)OCCCn2c(=O)oc3ccccc32)c1Cl. The monoisotopic (exact) mass is 415 g/mol. The number of nitrogens with two attached hydrogens (primary N) is 1. The molecule has 136 valence electrons. The van der Waals surface area contributed by atoms with Gasteiger partial charge < -0.3 is 14.9 Å². The van der Waals surface area contributed by atoms with Crippen LogP contribution in [0.15, 0.2) is 33.5 Å². The maximum absolute atomic E-state index is 12.1. The molecule has 0 aliphatic rings. The number of esters is 1. The van der Waals surface area contributed by atoms with Crippen LogP contribution in [-0.4, -0.2) is 22.1 Å². The van der Waals surface area contributed by atoms with Crippen molar-refractivity contribution in [3.05, 3.63) is 55.7 Å². The summed E-state index contributed by atoms with van der Waals surface area (Å²) in [5.74, 6) is -1.26. The van der Waals surface area contributed by atoms with Crippen LogP contribution in [0.5, 0.6) is 0 Å². The average Bonchev–Trinajstić information content (AvgIpc) is 2.95. The van der Waals surface area contributed by atoms with Gasteiger partial charge in [0.1, 0.15) is 5.02 Å². The number of aromatic nitrogens is 2. The molecule has 0 spiro atoms. The summed E-state index contributed by atoms with van der Waals surface area (Å²) < 4.78 is 11.7. The molecule has 2 heterocycles. The summed E-state index contributed by atoms with van der Waals surface area (Å²) in [6.07, 6.45) is 0.379. The highest BCUT2D eigenvalue weighted by Gasteiger charge is 2.21. The number of aryl methyl sites for hydroxylation is 1. The predicted octanol–water partition coefficient (Wildman–Crippen LogP) is 3.78. The van der Waals surface area contributed by atoms with Crippen molar-refractivity contribution < 1.29 is 13.9 Å². The Morgan fingerprint density at radius 1 is 1.23 bits per heavy atom. The molecule has 7 nitrogen and oxygen atoms in total. The predicted molar refractivity (Wildman–Crippen MR) is 99.1 cm³/mol. The Labute approximate surface area is 162 Å². The Morgan fingerprint density at radius 2 is 1.96 bits per heavy atom. The van der Waals surface area contributed by atoms with E-state index in [1.165, 1.54) is 4.57 Å². The van der Waals surface area contributed by atoms with Crippen LogP contribution in [0.4, 0.5) is 5.69 Å². The number of para-hydroxylation sites is 2. The number of nitrogens with zero attached hydrogens (tertiary/aromatic N) is 2. The smallest absolute Gasteiger partial charge is 0.419 e. The van der Waals surface area contributed by atoms with Gasteiger partial charge in [-0.1, -0.05) is 46.9 Å². The van der Waals surface area contributed by atoms with Gasteiger partial charge in [-0.05, 0) is 18.6 Å². The van der Waals surface area contributed by atoms with Crippen molar-refractivity contribution in [2.24, 2.45) is 0 Å². The summed E-state index contributed by atoms with van der Waals surface area (Å²) in [5, 5.41) is -0.294. The van der Waals surface area contributed by atoms with Gasteiger partial charge in [-0.25, -0.2) is 14.6 Å². The van der Waals surface area contributed by atoms with E-state index < -0.39 is 11.7 Å². The van der Waals surface area contributed by atoms with E-state index in [-0.39, 0.29) is 33.2 Å². The Morgan fingerprint density at radius 3 is 2.73 bits per heavy atom. The van der Waals surface area contributed by atoms with Gasteiger partial charge in [-0.3, -0.25) is 4.57 Å². The van der Waals surface area contributed by atoms with E-state index >= 15 is 0 Å². The lowest BCUT2D eigenvalue weighted by molar-refractivity contribution is 0.0489. The van der Waals surface area contributed by atoms with Crippen LogP contribution in [0, 0.1) is 0 Å². The second-order valence-corrected chi connectivity index (χ2v) is 6.38. The zero-order chi connectivity index (χ0) is 18.8. The van der Waals surface area contributed by atoms with Gasteiger partial charge in [0.05, 0.1) is 22.8 Å². The number of carbonyl (C=O) groups is 1. The van der Waals surface area contributed by atoms with Crippen molar-refractivity contribution in [1.29, 1.82) is 0 Å². The summed E-state index contributed by atoms with van der Waals surface area (Å²) in [5.41, 5.74) is 6.57. The van der Waals surface area contributed by atoms with E-state index in [2.05, 4.69) is 4.98 Å². The lowest BCUT2D eigenvalue weighted by Crippen LogP contribution is -2.17. The number of hydrogen-bond donors (Lipinski definition) is 1. The first kappa shape index (κ1) is 18.6. The zero-order valence-corrected chi connectivity index (χ0v) is 15.4. The molecule has 10 heteroatoms. The maximum Gasteiger partial charge on any atom is 0.419 e. The number of pyridine rings is 1. The molecule has 0 unspecified atom stereocenters. The Kier molecular flexibility index (Phi) is 5.41. The van der Waals surface area contributed by atoms with E-state index in [1.807, 2.05) is 0 Å². The van der Waals surface area contributed by atoms with Gasteiger partial charge in [0.2, 0.25) is 0 Å². The minimum atomic E-state index is -0.787. The fraction of sp³-hybridized carbons (Fsp3) is 0.188. The molecule has 0 bridgehead atoms. The number of fused-ring (bicyclic) bond motifs is 1. The zero-order valence-electron chi connectivity index (χ0n) is 13.2. The number of benzene rings is 1. The van der Waals surface area contributed by atoms with Crippen molar-refractivity contribution in [1.82, 2.24) is 9.55 Å². The molecule has 3 aromatic rings. The first-order chi connectivity index (χ1) is 12.4. The van der Waals surface area contributed by atoms with E-state index in [9.17, 15) is 9.59 Å². The average molecular weight is 417 g/mol. The van der Waals surface area contributed by atoms with Crippen molar-refractivity contribution in [3.63, 3.8) is 0 Å². The summed E-state index contributed by atoms with van der Waals surface area (Å²) in [4.78, 5) is 27.8. The van der Waals surface area contributed by atoms with Crippen LogP contribution in [0.25, 0.3) is 11.1 Å². The summed E-state index contributed by atoms with van der Waals surface area (Å²) in [6, 6.07) is 7.05. The first-order valence-electron chi connectivity index (χ1n) is 7.45. The number of halogens is 3. The molecule has 0 amide bonds. The van der Waals surface area contributed by atoms with Gasteiger partial charge in [-0.2, -0.15) is 0 Å². The molecular weight excluding hydrogens is 405 g/mol. The molecule has 0 fully saturated rings. The second-order valence-electron chi connectivity index (χ2n) is 5.27. The highest BCUT2D eigenvalue weighted by molar-refractivity contribution is 6.46. The molecule has 3 rings (SSSR count). The number of carbonyl (C=O) groups excluding carboxylic acids is 1. The minimum Gasteiger partial charge on any atom is -0.461 e. The number of oxazole rings is 1. The fourth-order valence-electron chi connectivity index (χ4n) is 2.35. The van der Waals surface area contributed by atoms with Crippen LogP contribution < -0.4 is 11.5 Å². The Hall–Kier alpha value is -2.22. The minimum absolute atomic E-state index is 0.0283. The molecule has 2 N–H and O–H groups in total. The third kappa shape index (κ3) is 3.51. The molecule has 1 aromatic carbocycles. The number of nitrogen functional groups attached to an aromatic ring is 1. The third-order valence-corrected chi connectivity index (χ3v) is 4.73. The van der Waals surface area contributed by atoms with Crippen LogP contribution in [0.2, 0.25) is 15.2 Å². The number of hydrogen-bond acceptors (Lipinski definition) is 6. The van der Waals surface area contributed by atoms with E-state index in [0.717, 1.165) is 0 Å². The molecule has 0 radical (unpaired) electrons. The molecule has 0 atom stereocenters.